The van der Waals surface area contributed by atoms with E-state index in [0.717, 1.165) is 38.5 Å². The molecule has 0 aromatic rings. The highest BCUT2D eigenvalue weighted by Crippen LogP contribution is 2.51. The van der Waals surface area contributed by atoms with Crippen LogP contribution >= 0.6 is 0 Å². The summed E-state index contributed by atoms with van der Waals surface area (Å²) in [5.41, 5.74) is 0.275. The fourth-order valence-corrected chi connectivity index (χ4v) is 5.82. The lowest BCUT2D eigenvalue weighted by Crippen LogP contribution is -2.47. The van der Waals surface area contributed by atoms with E-state index in [9.17, 15) is 0 Å². The van der Waals surface area contributed by atoms with Crippen molar-refractivity contribution < 1.29 is 33.2 Å². The lowest BCUT2D eigenvalue weighted by molar-refractivity contribution is -0.287. The topological polar surface area (TPSA) is 71.2 Å². The normalized spacial score (nSPS) is 56.9. The third-order valence-corrected chi connectivity index (χ3v) is 8.07. The van der Waals surface area contributed by atoms with Crippen LogP contribution in [0.5, 0.6) is 0 Å². The van der Waals surface area contributed by atoms with Crippen LogP contribution in [0.4, 0.5) is 0 Å². The molecule has 7 nitrogen and oxygen atoms in total. The van der Waals surface area contributed by atoms with Gasteiger partial charge in [-0.25, -0.2) is 0 Å². The molecule has 4 saturated heterocycles. The standard InChI is InChI=1S/C22H34O7/c1-21-5-3-13(7-17(21)28-21)19-23-9-15(10-24-19)27-16-11-25-20(26-12-16)14-4-6-22(2)18(8-14)29-22/h13-20H,3-12H2,1-2H3. The zero-order chi connectivity index (χ0) is 19.6. The first-order chi connectivity index (χ1) is 14.0. The van der Waals surface area contributed by atoms with Gasteiger partial charge in [-0.1, -0.05) is 0 Å². The lowest BCUT2D eigenvalue weighted by atomic mass is 9.82. The monoisotopic (exact) mass is 410 g/mol. The Hall–Kier alpha value is -0.280. The molecule has 6 rings (SSSR count). The molecule has 0 radical (unpaired) electrons. The Morgan fingerprint density at radius 3 is 1.45 bits per heavy atom. The maximum atomic E-state index is 6.14. The van der Waals surface area contributed by atoms with Gasteiger partial charge in [0, 0.05) is 11.8 Å². The summed E-state index contributed by atoms with van der Waals surface area (Å²) in [6, 6.07) is 0. The number of hydrogen-bond acceptors (Lipinski definition) is 7. The van der Waals surface area contributed by atoms with E-state index < -0.39 is 0 Å². The van der Waals surface area contributed by atoms with Gasteiger partial charge in [-0.05, 0) is 52.4 Å². The molecule has 0 spiro atoms. The summed E-state index contributed by atoms with van der Waals surface area (Å²) in [5.74, 6) is 0.873. The molecule has 2 saturated carbocycles. The van der Waals surface area contributed by atoms with Gasteiger partial charge in [0.1, 0.15) is 12.2 Å². The van der Waals surface area contributed by atoms with E-state index in [1.54, 1.807) is 0 Å². The Morgan fingerprint density at radius 1 is 0.655 bits per heavy atom. The van der Waals surface area contributed by atoms with Gasteiger partial charge in [-0.15, -0.1) is 0 Å². The van der Waals surface area contributed by atoms with E-state index in [1.807, 2.05) is 0 Å². The van der Waals surface area contributed by atoms with Crippen LogP contribution in [-0.4, -0.2) is 74.6 Å². The minimum absolute atomic E-state index is 0.0544. The van der Waals surface area contributed by atoms with Crippen LogP contribution in [0, 0.1) is 11.8 Å². The van der Waals surface area contributed by atoms with Gasteiger partial charge >= 0.3 is 0 Å². The predicted octanol–water partition coefficient (Wildman–Crippen LogP) is 2.40. The van der Waals surface area contributed by atoms with E-state index in [4.69, 9.17) is 33.2 Å². The molecule has 4 aliphatic heterocycles. The highest BCUT2D eigenvalue weighted by Gasteiger charge is 2.57. The highest BCUT2D eigenvalue weighted by atomic mass is 16.7. The molecule has 4 heterocycles. The average Bonchev–Trinajstić information content (AvgIpc) is 3.61. The fourth-order valence-electron chi connectivity index (χ4n) is 5.82. The van der Waals surface area contributed by atoms with Gasteiger partial charge in [0.2, 0.25) is 0 Å². The van der Waals surface area contributed by atoms with Crippen molar-refractivity contribution in [3.8, 4) is 0 Å². The van der Waals surface area contributed by atoms with Gasteiger partial charge < -0.3 is 33.2 Å². The van der Waals surface area contributed by atoms with Gasteiger partial charge in [0.25, 0.3) is 0 Å². The molecule has 29 heavy (non-hydrogen) atoms. The molecule has 0 bridgehead atoms. The number of epoxide rings is 2. The van der Waals surface area contributed by atoms with Crippen LogP contribution in [0.25, 0.3) is 0 Å². The minimum Gasteiger partial charge on any atom is -0.366 e. The van der Waals surface area contributed by atoms with E-state index in [1.165, 1.54) is 0 Å². The Kier molecular flexibility index (Phi) is 4.77. The molecule has 6 unspecified atom stereocenters. The molecule has 7 heteroatoms. The van der Waals surface area contributed by atoms with Crippen LogP contribution in [0.1, 0.15) is 52.4 Å². The van der Waals surface area contributed by atoms with Crippen LogP contribution in [0.2, 0.25) is 0 Å². The molecular weight excluding hydrogens is 376 g/mol. The largest absolute Gasteiger partial charge is 0.366 e. The van der Waals surface area contributed by atoms with Crippen molar-refractivity contribution in [2.45, 2.75) is 101 Å². The zero-order valence-corrected chi connectivity index (χ0v) is 17.5. The van der Waals surface area contributed by atoms with Crippen LogP contribution in [-0.2, 0) is 33.2 Å². The molecule has 0 amide bonds. The first-order valence-electron chi connectivity index (χ1n) is 11.5. The van der Waals surface area contributed by atoms with Crippen molar-refractivity contribution in [3.05, 3.63) is 0 Å². The summed E-state index contributed by atoms with van der Waals surface area (Å²) in [5, 5.41) is 0. The molecular formula is C22H34O7. The quantitative estimate of drug-likeness (QED) is 0.659. The van der Waals surface area contributed by atoms with E-state index >= 15 is 0 Å². The summed E-state index contributed by atoms with van der Waals surface area (Å²) in [4.78, 5) is 0. The van der Waals surface area contributed by atoms with Gasteiger partial charge in [-0.2, -0.15) is 0 Å². The first-order valence-corrected chi connectivity index (χ1v) is 11.5. The van der Waals surface area contributed by atoms with E-state index in [2.05, 4.69) is 13.8 Å². The van der Waals surface area contributed by atoms with Gasteiger partial charge in [0.15, 0.2) is 12.6 Å². The van der Waals surface area contributed by atoms with E-state index in [0.29, 0.717) is 50.5 Å². The summed E-state index contributed by atoms with van der Waals surface area (Å²) < 4.78 is 41.8. The van der Waals surface area contributed by atoms with Gasteiger partial charge in [0.05, 0.1) is 49.8 Å². The Balaban J connectivity index is 0.914. The van der Waals surface area contributed by atoms with Crippen molar-refractivity contribution >= 4 is 0 Å². The zero-order valence-electron chi connectivity index (χ0n) is 17.5. The maximum absolute atomic E-state index is 6.14. The molecule has 6 fully saturated rings. The third kappa shape index (κ3) is 3.77. The van der Waals surface area contributed by atoms with Crippen molar-refractivity contribution in [3.63, 3.8) is 0 Å². The van der Waals surface area contributed by atoms with Crippen LogP contribution in [0.15, 0.2) is 0 Å². The third-order valence-electron chi connectivity index (χ3n) is 8.07. The van der Waals surface area contributed by atoms with Crippen molar-refractivity contribution in [2.75, 3.05) is 26.4 Å². The minimum atomic E-state index is -0.117. The second-order valence-corrected chi connectivity index (χ2v) is 10.4. The molecule has 2 aliphatic carbocycles. The maximum Gasteiger partial charge on any atom is 0.160 e. The van der Waals surface area contributed by atoms with Gasteiger partial charge in [-0.3, -0.25) is 0 Å². The van der Waals surface area contributed by atoms with E-state index in [-0.39, 0.29) is 36.0 Å². The predicted molar refractivity (Wildman–Crippen MR) is 101 cm³/mol. The SMILES string of the molecule is CC12CCC(C3OCC(OC4COC(C5CCC6(C)OC6C5)OC4)CO3)CC1O2. The molecule has 6 atom stereocenters. The fraction of sp³-hybridized carbons (Fsp3) is 1.00. The highest BCUT2D eigenvalue weighted by molar-refractivity contribution is 5.05. The summed E-state index contributed by atoms with van der Waals surface area (Å²) in [6.07, 6.45) is 6.99. The Bertz CT molecular complexity index is 562. The van der Waals surface area contributed by atoms with Crippen molar-refractivity contribution in [1.29, 1.82) is 0 Å². The second kappa shape index (κ2) is 7.12. The molecule has 6 aliphatic rings. The van der Waals surface area contributed by atoms with Crippen molar-refractivity contribution in [2.24, 2.45) is 11.8 Å². The summed E-state index contributed by atoms with van der Waals surface area (Å²) >= 11 is 0. The van der Waals surface area contributed by atoms with Crippen LogP contribution in [0.3, 0.4) is 0 Å². The summed E-state index contributed by atoms with van der Waals surface area (Å²) in [7, 11) is 0. The van der Waals surface area contributed by atoms with Crippen molar-refractivity contribution in [1.82, 2.24) is 0 Å². The number of hydrogen-bond donors (Lipinski definition) is 0. The molecule has 0 N–H and O–H groups in total. The Labute approximate surface area is 172 Å². The summed E-state index contributed by atoms with van der Waals surface area (Å²) in [6.45, 7) is 6.72. The smallest absolute Gasteiger partial charge is 0.160 e. The average molecular weight is 411 g/mol. The first kappa shape index (κ1) is 19.4. The second-order valence-electron chi connectivity index (χ2n) is 10.4. The number of rotatable bonds is 4. The number of fused-ring (bicyclic) bond motifs is 2. The Morgan fingerprint density at radius 2 is 1.07 bits per heavy atom. The molecule has 164 valence electrons. The number of ether oxygens (including phenoxy) is 7. The lowest BCUT2D eigenvalue weighted by Gasteiger charge is -2.39. The van der Waals surface area contributed by atoms with Crippen LogP contribution < -0.4 is 0 Å². The molecule has 0 aromatic heterocycles. The molecule has 0 aromatic carbocycles.